The van der Waals surface area contributed by atoms with Crippen molar-refractivity contribution in [3.05, 3.63) is 54.1 Å². The minimum absolute atomic E-state index is 0.00460. The average molecular weight is 394 g/mol. The van der Waals surface area contributed by atoms with Crippen LogP contribution >= 0.6 is 0 Å². The molecule has 0 aliphatic heterocycles. The first kappa shape index (κ1) is 20.5. The lowest BCUT2D eigenvalue weighted by Crippen LogP contribution is -2.17. The summed E-state index contributed by atoms with van der Waals surface area (Å²) in [6.07, 6.45) is 0. The van der Waals surface area contributed by atoms with Crippen LogP contribution in [0, 0.1) is 12.8 Å². The maximum Gasteiger partial charge on any atom is 0.336 e. The van der Waals surface area contributed by atoms with Gasteiger partial charge in [-0.05, 0) is 31.0 Å². The van der Waals surface area contributed by atoms with E-state index in [1.54, 1.807) is 4.68 Å². The lowest BCUT2D eigenvalue weighted by molar-refractivity contribution is -0.119. The molecule has 3 aromatic rings. The van der Waals surface area contributed by atoms with Gasteiger partial charge in [0.25, 0.3) is 0 Å². The van der Waals surface area contributed by atoms with Gasteiger partial charge in [-0.25, -0.2) is 4.68 Å². The first-order chi connectivity index (χ1) is 14.0. The molecule has 1 heterocycles. The summed E-state index contributed by atoms with van der Waals surface area (Å²) in [6.45, 7) is 6.71. The lowest BCUT2D eigenvalue weighted by Gasteiger charge is -2.09. The number of aryl methyl sites for hydroxylation is 1. The van der Waals surface area contributed by atoms with Crippen LogP contribution in [0.2, 0.25) is 0 Å². The molecule has 0 saturated heterocycles. The molecule has 1 amide bonds. The minimum Gasteiger partial charge on any atom is -0.462 e. The van der Waals surface area contributed by atoms with Gasteiger partial charge in [-0.15, -0.1) is 5.10 Å². The molecular weight excluding hydrogens is 368 g/mol. The van der Waals surface area contributed by atoms with Crippen LogP contribution in [0.1, 0.15) is 19.4 Å². The van der Waals surface area contributed by atoms with Gasteiger partial charge in [0, 0.05) is 18.4 Å². The number of hydrogen-bond acceptors (Lipinski definition) is 5. The van der Waals surface area contributed by atoms with Crippen LogP contribution in [0.4, 0.5) is 5.69 Å². The van der Waals surface area contributed by atoms with Crippen molar-refractivity contribution in [1.29, 1.82) is 0 Å². The molecule has 0 unspecified atom stereocenters. The van der Waals surface area contributed by atoms with Crippen molar-refractivity contribution in [3.8, 4) is 23.1 Å². The fraction of sp³-hybridized carbons (Fsp3) is 0.318. The fourth-order valence-corrected chi connectivity index (χ4v) is 2.71. The number of aromatic nitrogens is 3. The molecule has 0 saturated carbocycles. The molecule has 2 aromatic carbocycles. The van der Waals surface area contributed by atoms with Crippen molar-refractivity contribution in [3.63, 3.8) is 0 Å². The monoisotopic (exact) mass is 394 g/mol. The standard InChI is InChI=1S/C22H26N4O3/c1-15(2)13-29-22-24-21(17-10-8-16(3)9-11-17)26(25-22)19-7-5-6-18(12-19)23-20(27)14-28-4/h5-12,15H,13-14H2,1-4H3,(H,23,27). The van der Waals surface area contributed by atoms with Crippen LogP contribution < -0.4 is 10.1 Å². The SMILES string of the molecule is COCC(=O)Nc1cccc(-n2nc(OCC(C)C)nc2-c2ccc(C)cc2)c1. The van der Waals surface area contributed by atoms with E-state index in [9.17, 15) is 4.79 Å². The molecule has 0 spiro atoms. The van der Waals surface area contributed by atoms with Crippen LogP contribution in [0.3, 0.4) is 0 Å². The molecule has 0 fully saturated rings. The maximum absolute atomic E-state index is 11.8. The van der Waals surface area contributed by atoms with E-state index in [1.807, 2.05) is 55.5 Å². The van der Waals surface area contributed by atoms with E-state index in [-0.39, 0.29) is 12.5 Å². The van der Waals surface area contributed by atoms with Gasteiger partial charge in [0.15, 0.2) is 5.82 Å². The van der Waals surface area contributed by atoms with E-state index in [1.165, 1.54) is 12.7 Å². The van der Waals surface area contributed by atoms with Gasteiger partial charge in [0.2, 0.25) is 5.91 Å². The highest BCUT2D eigenvalue weighted by Gasteiger charge is 2.16. The number of rotatable bonds is 8. The number of benzene rings is 2. The highest BCUT2D eigenvalue weighted by molar-refractivity contribution is 5.91. The Labute approximate surface area is 170 Å². The van der Waals surface area contributed by atoms with Crippen LogP contribution in [-0.4, -0.2) is 41.0 Å². The van der Waals surface area contributed by atoms with Crippen LogP contribution in [0.25, 0.3) is 17.1 Å². The van der Waals surface area contributed by atoms with Gasteiger partial charge in [0.05, 0.1) is 12.3 Å². The maximum atomic E-state index is 11.8. The van der Waals surface area contributed by atoms with Gasteiger partial charge in [-0.1, -0.05) is 49.7 Å². The normalized spacial score (nSPS) is 10.9. The Balaban J connectivity index is 1.98. The summed E-state index contributed by atoms with van der Waals surface area (Å²) >= 11 is 0. The zero-order valence-electron chi connectivity index (χ0n) is 17.2. The first-order valence-corrected chi connectivity index (χ1v) is 9.52. The number of carbonyl (C=O) groups excluding carboxylic acids is 1. The highest BCUT2D eigenvalue weighted by atomic mass is 16.5. The predicted octanol–water partition coefficient (Wildman–Crippen LogP) is 3.86. The molecule has 1 N–H and O–H groups in total. The number of nitrogens with one attached hydrogen (secondary N) is 1. The average Bonchev–Trinajstić information content (AvgIpc) is 3.12. The summed E-state index contributed by atoms with van der Waals surface area (Å²) in [5.41, 5.74) is 3.51. The zero-order chi connectivity index (χ0) is 20.8. The van der Waals surface area contributed by atoms with E-state index in [2.05, 4.69) is 29.2 Å². The summed E-state index contributed by atoms with van der Waals surface area (Å²) in [5, 5.41) is 7.36. The molecule has 29 heavy (non-hydrogen) atoms. The summed E-state index contributed by atoms with van der Waals surface area (Å²) in [6, 6.07) is 15.8. The smallest absolute Gasteiger partial charge is 0.336 e. The number of ether oxygens (including phenoxy) is 2. The third-order valence-electron chi connectivity index (χ3n) is 4.09. The number of anilines is 1. The zero-order valence-corrected chi connectivity index (χ0v) is 17.2. The van der Waals surface area contributed by atoms with Gasteiger partial charge >= 0.3 is 6.01 Å². The van der Waals surface area contributed by atoms with Gasteiger partial charge in [-0.3, -0.25) is 4.79 Å². The Morgan fingerprint density at radius 3 is 2.62 bits per heavy atom. The van der Waals surface area contributed by atoms with Crippen molar-refractivity contribution < 1.29 is 14.3 Å². The molecule has 7 heteroatoms. The van der Waals surface area contributed by atoms with Gasteiger partial charge in [-0.2, -0.15) is 4.98 Å². The predicted molar refractivity (Wildman–Crippen MR) is 112 cm³/mol. The third-order valence-corrected chi connectivity index (χ3v) is 4.09. The van der Waals surface area contributed by atoms with Crippen molar-refractivity contribution >= 4 is 11.6 Å². The molecule has 0 aliphatic rings. The minimum atomic E-state index is -0.219. The quantitative estimate of drug-likeness (QED) is 0.628. The van der Waals surface area contributed by atoms with E-state index in [0.717, 1.165) is 11.3 Å². The second-order valence-electron chi connectivity index (χ2n) is 7.23. The largest absolute Gasteiger partial charge is 0.462 e. The fourth-order valence-electron chi connectivity index (χ4n) is 2.71. The molecule has 0 radical (unpaired) electrons. The molecule has 152 valence electrons. The van der Waals surface area contributed by atoms with Crippen molar-refractivity contribution in [1.82, 2.24) is 14.8 Å². The molecule has 3 rings (SSSR count). The van der Waals surface area contributed by atoms with Crippen molar-refractivity contribution in [2.24, 2.45) is 5.92 Å². The third kappa shape index (κ3) is 5.42. The van der Waals surface area contributed by atoms with Gasteiger partial charge < -0.3 is 14.8 Å². The first-order valence-electron chi connectivity index (χ1n) is 9.52. The Hall–Kier alpha value is -3.19. The van der Waals surface area contributed by atoms with Crippen molar-refractivity contribution in [2.75, 3.05) is 25.6 Å². The van der Waals surface area contributed by atoms with E-state index in [4.69, 9.17) is 9.47 Å². The number of carbonyl (C=O) groups is 1. The molecule has 1 aromatic heterocycles. The number of nitrogens with zero attached hydrogens (tertiary/aromatic N) is 3. The van der Waals surface area contributed by atoms with E-state index in [0.29, 0.717) is 30.0 Å². The lowest BCUT2D eigenvalue weighted by atomic mass is 10.1. The topological polar surface area (TPSA) is 78.3 Å². The summed E-state index contributed by atoms with van der Waals surface area (Å²) in [4.78, 5) is 16.4. The summed E-state index contributed by atoms with van der Waals surface area (Å²) in [5.74, 6) is 0.816. The number of hydrogen-bond donors (Lipinski definition) is 1. The van der Waals surface area contributed by atoms with E-state index < -0.39 is 0 Å². The van der Waals surface area contributed by atoms with Crippen LogP contribution in [0.15, 0.2) is 48.5 Å². The van der Waals surface area contributed by atoms with E-state index >= 15 is 0 Å². The summed E-state index contributed by atoms with van der Waals surface area (Å²) < 4.78 is 12.4. The Kier molecular flexibility index (Phi) is 6.61. The Bertz CT molecular complexity index is 964. The Morgan fingerprint density at radius 1 is 1.17 bits per heavy atom. The Morgan fingerprint density at radius 2 is 1.93 bits per heavy atom. The molecule has 7 nitrogen and oxygen atoms in total. The molecular formula is C22H26N4O3. The molecule has 0 aliphatic carbocycles. The number of methoxy groups -OCH3 is 1. The van der Waals surface area contributed by atoms with Crippen molar-refractivity contribution in [2.45, 2.75) is 20.8 Å². The van der Waals surface area contributed by atoms with Crippen LogP contribution in [0.5, 0.6) is 6.01 Å². The van der Waals surface area contributed by atoms with Gasteiger partial charge in [0.1, 0.15) is 6.61 Å². The molecule has 0 atom stereocenters. The number of amides is 1. The molecule has 0 bridgehead atoms. The second kappa shape index (κ2) is 9.34. The second-order valence-corrected chi connectivity index (χ2v) is 7.23. The van der Waals surface area contributed by atoms with Crippen LogP contribution in [-0.2, 0) is 9.53 Å². The highest BCUT2D eigenvalue weighted by Crippen LogP contribution is 2.25. The summed E-state index contributed by atoms with van der Waals surface area (Å²) in [7, 11) is 1.48.